The van der Waals surface area contributed by atoms with Crippen LogP contribution in [0.25, 0.3) is 6.08 Å². The highest BCUT2D eigenvalue weighted by molar-refractivity contribution is 8.03. The van der Waals surface area contributed by atoms with Crippen molar-refractivity contribution in [1.29, 1.82) is 0 Å². The number of methoxy groups -OCH3 is 1. The number of aromatic nitrogens is 1. The summed E-state index contributed by atoms with van der Waals surface area (Å²) in [5.74, 6) is -0.859. The number of carboxylic acids is 1. The normalized spacial score (nSPS) is 22.4. The molecule has 1 aromatic heterocycles. The number of fused-ring (bicyclic) bond motifs is 1. The van der Waals surface area contributed by atoms with E-state index >= 15 is 0 Å². The van der Waals surface area contributed by atoms with Crippen molar-refractivity contribution in [2.24, 2.45) is 0 Å². The number of hydrogen-bond acceptors (Lipinski definition) is 5. The maximum atomic E-state index is 12.0. The number of carboxylic acid groups (broad SMARTS) is 1. The van der Waals surface area contributed by atoms with E-state index in [0.717, 1.165) is 5.56 Å². The Kier molecular flexibility index (Phi) is 2.98. The second-order valence-corrected chi connectivity index (χ2v) is 5.16. The van der Waals surface area contributed by atoms with Crippen molar-refractivity contribution >= 4 is 29.7 Å². The molecule has 1 fully saturated rings. The minimum atomic E-state index is -1.08. The fourth-order valence-corrected chi connectivity index (χ4v) is 3.16. The molecule has 1 N–H and O–H groups in total. The van der Waals surface area contributed by atoms with Crippen LogP contribution in [0.1, 0.15) is 5.56 Å². The standard InChI is InChI=1S/C13H10N2O4S/c1-19-10-3-2-7(5-14-10)4-8-11(16)15-9(13(17)18)6-20-12(8)15/h2-6,12H,1H3,(H,17,18)/t12-/m1/s1. The molecule has 6 nitrogen and oxygen atoms in total. The maximum Gasteiger partial charge on any atom is 0.353 e. The van der Waals surface area contributed by atoms with E-state index in [1.54, 1.807) is 24.4 Å². The molecular weight excluding hydrogens is 280 g/mol. The van der Waals surface area contributed by atoms with Gasteiger partial charge in [0.15, 0.2) is 0 Å². The predicted molar refractivity (Wildman–Crippen MR) is 72.7 cm³/mol. The molecule has 2 aliphatic heterocycles. The molecule has 0 radical (unpaired) electrons. The predicted octanol–water partition coefficient (Wildman–Crippen LogP) is 1.31. The molecule has 3 rings (SSSR count). The summed E-state index contributed by atoms with van der Waals surface area (Å²) in [6, 6.07) is 3.50. The Balaban J connectivity index is 1.82. The van der Waals surface area contributed by atoms with Crippen LogP contribution in [0.4, 0.5) is 0 Å². The fraction of sp³-hybridized carbons (Fsp3) is 0.154. The number of β-lactam (4-membered cyclic amide) rings is 1. The lowest BCUT2D eigenvalue weighted by Crippen LogP contribution is -2.51. The largest absolute Gasteiger partial charge is 0.481 e. The molecule has 0 aliphatic carbocycles. The van der Waals surface area contributed by atoms with E-state index in [2.05, 4.69) is 4.98 Å². The van der Waals surface area contributed by atoms with Crippen LogP contribution in [-0.4, -0.2) is 39.4 Å². The van der Waals surface area contributed by atoms with Gasteiger partial charge < -0.3 is 9.84 Å². The van der Waals surface area contributed by atoms with Crippen LogP contribution in [0.2, 0.25) is 0 Å². The van der Waals surface area contributed by atoms with E-state index in [1.807, 2.05) is 0 Å². The van der Waals surface area contributed by atoms with Gasteiger partial charge in [0.1, 0.15) is 11.1 Å². The third-order valence-electron chi connectivity index (χ3n) is 3.04. The molecule has 0 bridgehead atoms. The fourth-order valence-electron chi connectivity index (χ4n) is 2.04. The zero-order chi connectivity index (χ0) is 14.3. The third-order valence-corrected chi connectivity index (χ3v) is 4.13. The van der Waals surface area contributed by atoms with Gasteiger partial charge in [-0.1, -0.05) is 0 Å². The quantitative estimate of drug-likeness (QED) is 0.668. The molecule has 20 heavy (non-hydrogen) atoms. The van der Waals surface area contributed by atoms with Crippen molar-refractivity contribution in [3.05, 3.63) is 40.6 Å². The first-order valence-corrected chi connectivity index (χ1v) is 6.70. The molecule has 1 aromatic rings. The molecule has 0 saturated carbocycles. The van der Waals surface area contributed by atoms with E-state index in [-0.39, 0.29) is 17.0 Å². The van der Waals surface area contributed by atoms with Crippen molar-refractivity contribution < 1.29 is 19.4 Å². The molecule has 1 amide bonds. The zero-order valence-corrected chi connectivity index (χ0v) is 11.3. The van der Waals surface area contributed by atoms with E-state index in [0.29, 0.717) is 11.5 Å². The zero-order valence-electron chi connectivity index (χ0n) is 10.4. The summed E-state index contributed by atoms with van der Waals surface area (Å²) >= 11 is 1.32. The lowest BCUT2D eigenvalue weighted by atomic mass is 10.0. The number of nitrogens with zero attached hydrogens (tertiary/aromatic N) is 2. The van der Waals surface area contributed by atoms with E-state index in [9.17, 15) is 9.59 Å². The Bertz CT molecular complexity index is 651. The number of thioether (sulfide) groups is 1. The third kappa shape index (κ3) is 1.87. The lowest BCUT2D eigenvalue weighted by Gasteiger charge is -2.37. The first-order valence-electron chi connectivity index (χ1n) is 5.76. The van der Waals surface area contributed by atoms with Gasteiger partial charge in [-0.15, -0.1) is 11.8 Å². The Morgan fingerprint density at radius 2 is 2.35 bits per heavy atom. The molecule has 7 heteroatoms. The molecule has 2 aliphatic rings. The summed E-state index contributed by atoms with van der Waals surface area (Å²) in [5, 5.41) is 10.2. The smallest absolute Gasteiger partial charge is 0.353 e. The maximum absolute atomic E-state index is 12.0. The Morgan fingerprint density at radius 1 is 1.55 bits per heavy atom. The first kappa shape index (κ1) is 12.7. The highest BCUT2D eigenvalue weighted by atomic mass is 32.2. The Labute approximate surface area is 118 Å². The topological polar surface area (TPSA) is 79.7 Å². The van der Waals surface area contributed by atoms with Crippen LogP contribution in [0.15, 0.2) is 35.0 Å². The average molecular weight is 290 g/mol. The van der Waals surface area contributed by atoms with Crippen LogP contribution in [0.5, 0.6) is 5.88 Å². The minimum Gasteiger partial charge on any atom is -0.481 e. The van der Waals surface area contributed by atoms with Crippen LogP contribution in [0.3, 0.4) is 0 Å². The second-order valence-electron chi connectivity index (χ2n) is 4.21. The summed E-state index contributed by atoms with van der Waals surface area (Å²) in [6.45, 7) is 0. The van der Waals surface area contributed by atoms with E-state index in [1.165, 1.54) is 29.2 Å². The SMILES string of the molecule is COc1ccc(C=C2C(=O)N3C(C(=O)O)=CS[C@H]23)cn1. The molecule has 3 heterocycles. The van der Waals surface area contributed by atoms with E-state index < -0.39 is 5.97 Å². The van der Waals surface area contributed by atoms with Gasteiger partial charge in [0, 0.05) is 17.7 Å². The highest BCUT2D eigenvalue weighted by Crippen LogP contribution is 2.45. The van der Waals surface area contributed by atoms with Crippen LogP contribution >= 0.6 is 11.8 Å². The van der Waals surface area contributed by atoms with Crippen LogP contribution < -0.4 is 4.74 Å². The summed E-state index contributed by atoms with van der Waals surface area (Å²) in [7, 11) is 1.53. The molecule has 102 valence electrons. The monoisotopic (exact) mass is 290 g/mol. The van der Waals surface area contributed by atoms with Gasteiger partial charge in [-0.25, -0.2) is 9.78 Å². The van der Waals surface area contributed by atoms with Gasteiger partial charge in [0.25, 0.3) is 5.91 Å². The number of aliphatic carboxylic acids is 1. The number of carbonyl (C=O) groups is 2. The summed E-state index contributed by atoms with van der Waals surface area (Å²) < 4.78 is 4.96. The van der Waals surface area contributed by atoms with Gasteiger partial charge in [0.2, 0.25) is 5.88 Å². The summed E-state index contributed by atoms with van der Waals surface area (Å²) in [6.07, 6.45) is 3.33. The molecule has 0 unspecified atom stereocenters. The number of amides is 1. The molecule has 0 aromatic carbocycles. The van der Waals surface area contributed by atoms with Gasteiger partial charge in [-0.05, 0) is 17.7 Å². The summed E-state index contributed by atoms with van der Waals surface area (Å²) in [5.41, 5.74) is 1.39. The van der Waals surface area contributed by atoms with E-state index in [4.69, 9.17) is 9.84 Å². The number of pyridine rings is 1. The van der Waals surface area contributed by atoms with Crippen molar-refractivity contribution in [2.45, 2.75) is 5.37 Å². The van der Waals surface area contributed by atoms with Crippen molar-refractivity contribution in [3.63, 3.8) is 0 Å². The second kappa shape index (κ2) is 4.68. The van der Waals surface area contributed by atoms with Crippen LogP contribution in [-0.2, 0) is 9.59 Å². The first-order chi connectivity index (χ1) is 9.61. The molecular formula is C13H10N2O4S. The van der Waals surface area contributed by atoms with Gasteiger partial charge in [-0.2, -0.15) is 0 Å². The Morgan fingerprint density at radius 3 is 2.95 bits per heavy atom. The number of ether oxygens (including phenoxy) is 1. The van der Waals surface area contributed by atoms with Crippen LogP contribution in [0, 0.1) is 0 Å². The molecule has 1 atom stereocenters. The van der Waals surface area contributed by atoms with Gasteiger partial charge in [-0.3, -0.25) is 9.69 Å². The molecule has 0 spiro atoms. The number of hydrogen-bond donors (Lipinski definition) is 1. The minimum absolute atomic E-state index is 0.0370. The highest BCUT2D eigenvalue weighted by Gasteiger charge is 2.49. The van der Waals surface area contributed by atoms with Crippen molar-refractivity contribution in [1.82, 2.24) is 9.88 Å². The number of carbonyl (C=O) groups excluding carboxylic acids is 1. The van der Waals surface area contributed by atoms with Crippen molar-refractivity contribution in [2.75, 3.05) is 7.11 Å². The summed E-state index contributed by atoms with van der Waals surface area (Å²) in [4.78, 5) is 28.3. The molecule has 1 saturated heterocycles. The lowest BCUT2D eigenvalue weighted by molar-refractivity contribution is -0.141. The van der Waals surface area contributed by atoms with Gasteiger partial charge in [0.05, 0.1) is 12.7 Å². The Hall–Kier alpha value is -2.28. The average Bonchev–Trinajstić information content (AvgIpc) is 2.86. The number of rotatable bonds is 3. The van der Waals surface area contributed by atoms with Crippen molar-refractivity contribution in [3.8, 4) is 5.88 Å². The van der Waals surface area contributed by atoms with Gasteiger partial charge >= 0.3 is 5.97 Å².